The van der Waals surface area contributed by atoms with Crippen LogP contribution in [0.1, 0.15) is 36.6 Å². The van der Waals surface area contributed by atoms with E-state index >= 15 is 0 Å². The zero-order chi connectivity index (χ0) is 23.5. The molecule has 0 radical (unpaired) electrons. The molecule has 7 nitrogen and oxygen atoms in total. The number of fused-ring (bicyclic) bond motifs is 1. The first-order chi connectivity index (χ1) is 16.5. The molecule has 34 heavy (non-hydrogen) atoms. The SMILES string of the molecule is Cc1cccc(Oc2nc(N3CCC(C)CC3)nc3c2CN(C(=O)Nc2ccccc2)CC3)c1. The molecule has 0 atom stereocenters. The molecule has 176 valence electrons. The van der Waals surface area contributed by atoms with Crippen molar-refractivity contribution in [3.63, 3.8) is 0 Å². The summed E-state index contributed by atoms with van der Waals surface area (Å²) in [5, 5.41) is 2.98. The molecule has 2 aromatic carbocycles. The van der Waals surface area contributed by atoms with Crippen LogP contribution in [0.5, 0.6) is 11.6 Å². The molecular weight excluding hydrogens is 426 g/mol. The number of amides is 2. The highest BCUT2D eigenvalue weighted by Crippen LogP contribution is 2.33. The van der Waals surface area contributed by atoms with Gasteiger partial charge in [0.25, 0.3) is 0 Å². The van der Waals surface area contributed by atoms with Gasteiger partial charge in [-0.2, -0.15) is 4.98 Å². The van der Waals surface area contributed by atoms with Crippen LogP contribution < -0.4 is 15.0 Å². The molecule has 3 heterocycles. The number of ether oxygens (including phenoxy) is 1. The van der Waals surface area contributed by atoms with Crippen LogP contribution in [0.2, 0.25) is 0 Å². The molecule has 1 N–H and O–H groups in total. The van der Waals surface area contributed by atoms with Gasteiger partial charge in [0.05, 0.1) is 17.8 Å². The zero-order valence-electron chi connectivity index (χ0n) is 19.8. The van der Waals surface area contributed by atoms with Crippen LogP contribution >= 0.6 is 0 Å². The van der Waals surface area contributed by atoms with Crippen LogP contribution in [0.4, 0.5) is 16.4 Å². The molecule has 0 bridgehead atoms. The van der Waals surface area contributed by atoms with Crippen molar-refractivity contribution < 1.29 is 9.53 Å². The minimum atomic E-state index is -0.132. The summed E-state index contributed by atoms with van der Waals surface area (Å²) >= 11 is 0. The average Bonchev–Trinajstić information content (AvgIpc) is 2.85. The molecule has 3 aromatic rings. The van der Waals surface area contributed by atoms with Crippen LogP contribution in [0, 0.1) is 12.8 Å². The van der Waals surface area contributed by atoms with Crippen molar-refractivity contribution >= 4 is 17.7 Å². The summed E-state index contributed by atoms with van der Waals surface area (Å²) in [7, 11) is 0. The Labute approximate surface area is 200 Å². The third kappa shape index (κ3) is 4.98. The van der Waals surface area contributed by atoms with E-state index in [4.69, 9.17) is 14.7 Å². The number of anilines is 2. The molecule has 1 aromatic heterocycles. The number of aryl methyl sites for hydroxylation is 1. The van der Waals surface area contributed by atoms with Gasteiger partial charge in [-0.25, -0.2) is 9.78 Å². The van der Waals surface area contributed by atoms with Gasteiger partial charge < -0.3 is 19.9 Å². The normalized spacial score (nSPS) is 16.2. The molecule has 0 spiro atoms. The molecule has 5 rings (SSSR count). The number of rotatable bonds is 4. The Morgan fingerprint density at radius 2 is 1.82 bits per heavy atom. The largest absolute Gasteiger partial charge is 0.438 e. The van der Waals surface area contributed by atoms with Crippen molar-refractivity contribution in [2.75, 3.05) is 29.9 Å². The third-order valence-corrected chi connectivity index (χ3v) is 6.59. The molecule has 2 amide bonds. The minimum absolute atomic E-state index is 0.132. The smallest absolute Gasteiger partial charge is 0.322 e. The van der Waals surface area contributed by atoms with Gasteiger partial charge in [-0.05, 0) is 55.5 Å². The fourth-order valence-corrected chi connectivity index (χ4v) is 4.49. The predicted molar refractivity (Wildman–Crippen MR) is 133 cm³/mol. The highest BCUT2D eigenvalue weighted by Gasteiger charge is 2.28. The van der Waals surface area contributed by atoms with Crippen LogP contribution in [-0.4, -0.2) is 40.5 Å². The number of carbonyl (C=O) groups is 1. The summed E-state index contributed by atoms with van der Waals surface area (Å²) in [6, 6.07) is 17.3. The molecule has 0 unspecified atom stereocenters. The van der Waals surface area contributed by atoms with E-state index in [-0.39, 0.29) is 6.03 Å². The number of nitrogens with zero attached hydrogens (tertiary/aromatic N) is 4. The van der Waals surface area contributed by atoms with Gasteiger partial charge in [0, 0.05) is 31.7 Å². The fourth-order valence-electron chi connectivity index (χ4n) is 4.49. The van der Waals surface area contributed by atoms with Gasteiger partial charge in [-0.3, -0.25) is 0 Å². The van der Waals surface area contributed by atoms with Crippen LogP contribution in [0.15, 0.2) is 54.6 Å². The number of hydrogen-bond acceptors (Lipinski definition) is 5. The Kier molecular flexibility index (Phi) is 6.34. The number of hydrogen-bond donors (Lipinski definition) is 1. The number of aromatic nitrogens is 2. The van der Waals surface area contributed by atoms with Gasteiger partial charge in [-0.1, -0.05) is 37.3 Å². The number of para-hydroxylation sites is 1. The molecule has 2 aliphatic rings. The topological polar surface area (TPSA) is 70.6 Å². The Balaban J connectivity index is 1.43. The van der Waals surface area contributed by atoms with Crippen molar-refractivity contribution in [1.29, 1.82) is 0 Å². The number of nitrogens with one attached hydrogen (secondary N) is 1. The predicted octanol–water partition coefficient (Wildman–Crippen LogP) is 5.40. The summed E-state index contributed by atoms with van der Waals surface area (Å²) in [4.78, 5) is 26.8. The lowest BCUT2D eigenvalue weighted by molar-refractivity contribution is 0.205. The molecule has 1 saturated heterocycles. The second-order valence-corrected chi connectivity index (χ2v) is 9.31. The first kappa shape index (κ1) is 22.2. The Hall–Kier alpha value is -3.61. The van der Waals surface area contributed by atoms with Crippen molar-refractivity contribution in [2.45, 2.75) is 39.7 Å². The number of carbonyl (C=O) groups excluding carboxylic acids is 1. The van der Waals surface area contributed by atoms with E-state index in [9.17, 15) is 4.79 Å². The average molecular weight is 458 g/mol. The van der Waals surface area contributed by atoms with Crippen molar-refractivity contribution in [3.05, 3.63) is 71.4 Å². The second-order valence-electron chi connectivity index (χ2n) is 9.31. The van der Waals surface area contributed by atoms with Crippen LogP contribution in [-0.2, 0) is 13.0 Å². The van der Waals surface area contributed by atoms with E-state index in [1.54, 1.807) is 4.90 Å². The van der Waals surface area contributed by atoms with Crippen molar-refractivity contribution in [1.82, 2.24) is 14.9 Å². The lowest BCUT2D eigenvalue weighted by Gasteiger charge is -2.33. The standard InChI is InChI=1S/C27H31N5O2/c1-19-11-14-31(15-12-19)26-29-24-13-16-32(27(33)28-21-8-4-3-5-9-21)18-23(24)25(30-26)34-22-10-6-7-20(2)17-22/h3-10,17,19H,11-16,18H2,1-2H3,(H,28,33). The van der Waals surface area contributed by atoms with E-state index in [2.05, 4.69) is 17.1 Å². The summed E-state index contributed by atoms with van der Waals surface area (Å²) in [6.45, 7) is 7.26. The summed E-state index contributed by atoms with van der Waals surface area (Å²) in [5.74, 6) is 2.75. The van der Waals surface area contributed by atoms with Gasteiger partial charge in [0.15, 0.2) is 0 Å². The molecule has 0 saturated carbocycles. The highest BCUT2D eigenvalue weighted by atomic mass is 16.5. The Morgan fingerprint density at radius 1 is 1.03 bits per heavy atom. The molecule has 0 aliphatic carbocycles. The van der Waals surface area contributed by atoms with Gasteiger partial charge >= 0.3 is 6.03 Å². The molecule has 7 heteroatoms. The number of benzene rings is 2. The summed E-state index contributed by atoms with van der Waals surface area (Å²) in [5.41, 5.74) is 3.75. The minimum Gasteiger partial charge on any atom is -0.438 e. The van der Waals surface area contributed by atoms with E-state index in [1.807, 2.05) is 61.5 Å². The monoisotopic (exact) mass is 457 g/mol. The van der Waals surface area contributed by atoms with Crippen LogP contribution in [0.25, 0.3) is 0 Å². The third-order valence-electron chi connectivity index (χ3n) is 6.59. The quantitative estimate of drug-likeness (QED) is 0.568. The zero-order valence-corrected chi connectivity index (χ0v) is 19.8. The summed E-state index contributed by atoms with van der Waals surface area (Å²) < 4.78 is 6.32. The highest BCUT2D eigenvalue weighted by molar-refractivity contribution is 5.89. The van der Waals surface area contributed by atoms with Crippen molar-refractivity contribution in [2.24, 2.45) is 5.92 Å². The Bertz CT molecular complexity index is 1160. The molecule has 2 aliphatic heterocycles. The van der Waals surface area contributed by atoms with E-state index < -0.39 is 0 Å². The van der Waals surface area contributed by atoms with E-state index in [0.717, 1.165) is 66.1 Å². The fraction of sp³-hybridized carbons (Fsp3) is 0.370. The summed E-state index contributed by atoms with van der Waals surface area (Å²) in [6.07, 6.45) is 2.95. The number of piperidine rings is 1. The lowest BCUT2D eigenvalue weighted by atomic mass is 9.99. The first-order valence-corrected chi connectivity index (χ1v) is 12.1. The lowest BCUT2D eigenvalue weighted by Crippen LogP contribution is -2.40. The van der Waals surface area contributed by atoms with Crippen LogP contribution in [0.3, 0.4) is 0 Å². The number of urea groups is 1. The van der Waals surface area contributed by atoms with E-state index in [1.165, 1.54) is 0 Å². The second kappa shape index (κ2) is 9.71. The first-order valence-electron chi connectivity index (χ1n) is 12.1. The van der Waals surface area contributed by atoms with Gasteiger partial charge in [0.2, 0.25) is 11.8 Å². The van der Waals surface area contributed by atoms with Crippen molar-refractivity contribution in [3.8, 4) is 11.6 Å². The van der Waals surface area contributed by atoms with Gasteiger partial charge in [-0.15, -0.1) is 0 Å². The van der Waals surface area contributed by atoms with E-state index in [0.29, 0.717) is 25.4 Å². The molecular formula is C27H31N5O2. The maximum atomic E-state index is 13.0. The van der Waals surface area contributed by atoms with Gasteiger partial charge in [0.1, 0.15) is 5.75 Å². The maximum absolute atomic E-state index is 13.0. The molecule has 1 fully saturated rings. The Morgan fingerprint density at radius 3 is 2.59 bits per heavy atom. The maximum Gasteiger partial charge on any atom is 0.322 e.